The molecule has 0 spiro atoms. The third-order valence-corrected chi connectivity index (χ3v) is 3.11. The van der Waals surface area contributed by atoms with Crippen LogP contribution in [0.5, 0.6) is 0 Å². The summed E-state index contributed by atoms with van der Waals surface area (Å²) in [7, 11) is 0. The van der Waals surface area contributed by atoms with E-state index in [-0.39, 0.29) is 5.54 Å². The Kier molecular flexibility index (Phi) is 3.34. The van der Waals surface area contributed by atoms with E-state index in [0.29, 0.717) is 6.10 Å². The summed E-state index contributed by atoms with van der Waals surface area (Å²) in [5, 5.41) is 0. The summed E-state index contributed by atoms with van der Waals surface area (Å²) in [6.45, 7) is 8.60. The second-order valence-electron chi connectivity index (χ2n) is 3.91. The third-order valence-electron chi connectivity index (χ3n) is 3.11. The summed E-state index contributed by atoms with van der Waals surface area (Å²) >= 11 is 0. The van der Waals surface area contributed by atoms with Gasteiger partial charge in [-0.25, -0.2) is 4.99 Å². The average molecular weight is 183 g/mol. The molecule has 76 valence electrons. The van der Waals surface area contributed by atoms with Crippen LogP contribution in [0.15, 0.2) is 4.99 Å². The van der Waals surface area contributed by atoms with Crippen LogP contribution in [0.25, 0.3) is 0 Å². The molecule has 1 rings (SSSR count). The maximum atomic E-state index is 5.64. The molecule has 0 bridgehead atoms. The standard InChI is InChI=1S/C11H21NO/c1-5-10-8-11(6-2,7-3)12-9(4)13-10/h10H,5-8H2,1-4H3. The highest BCUT2D eigenvalue weighted by Gasteiger charge is 2.33. The molecule has 0 fully saturated rings. The second-order valence-corrected chi connectivity index (χ2v) is 3.91. The molecular weight excluding hydrogens is 162 g/mol. The molecule has 1 atom stereocenters. The molecular formula is C11H21NO. The molecule has 0 amide bonds. The molecule has 0 saturated heterocycles. The van der Waals surface area contributed by atoms with Gasteiger partial charge in [-0.2, -0.15) is 0 Å². The van der Waals surface area contributed by atoms with Crippen molar-refractivity contribution in [1.29, 1.82) is 0 Å². The lowest BCUT2D eigenvalue weighted by atomic mass is 9.85. The van der Waals surface area contributed by atoms with Crippen LogP contribution in [0.4, 0.5) is 0 Å². The van der Waals surface area contributed by atoms with Crippen molar-refractivity contribution in [2.45, 2.75) is 65.0 Å². The van der Waals surface area contributed by atoms with E-state index in [0.717, 1.165) is 31.6 Å². The van der Waals surface area contributed by atoms with Gasteiger partial charge in [0.15, 0.2) is 5.90 Å². The highest BCUT2D eigenvalue weighted by atomic mass is 16.5. The fourth-order valence-corrected chi connectivity index (χ4v) is 2.04. The van der Waals surface area contributed by atoms with Crippen LogP contribution in [0.1, 0.15) is 53.4 Å². The third kappa shape index (κ3) is 2.23. The van der Waals surface area contributed by atoms with Gasteiger partial charge in [-0.1, -0.05) is 20.8 Å². The fraction of sp³-hybridized carbons (Fsp3) is 0.909. The van der Waals surface area contributed by atoms with E-state index in [1.807, 2.05) is 6.92 Å². The average Bonchev–Trinajstić information content (AvgIpc) is 2.16. The highest BCUT2D eigenvalue weighted by molar-refractivity contribution is 5.74. The van der Waals surface area contributed by atoms with Crippen LogP contribution in [0, 0.1) is 0 Å². The molecule has 1 unspecified atom stereocenters. The van der Waals surface area contributed by atoms with Gasteiger partial charge < -0.3 is 4.74 Å². The summed E-state index contributed by atoms with van der Waals surface area (Å²) in [6.07, 6.45) is 4.82. The van der Waals surface area contributed by atoms with E-state index in [1.54, 1.807) is 0 Å². The Morgan fingerprint density at radius 3 is 2.46 bits per heavy atom. The Labute approximate surface area is 81.4 Å². The maximum absolute atomic E-state index is 5.64. The Bertz CT molecular complexity index is 194. The number of hydrogen-bond acceptors (Lipinski definition) is 2. The summed E-state index contributed by atoms with van der Waals surface area (Å²) in [5.41, 5.74) is 0.170. The molecule has 0 aromatic rings. The number of hydrogen-bond donors (Lipinski definition) is 0. The molecule has 0 saturated carbocycles. The zero-order valence-electron chi connectivity index (χ0n) is 9.26. The molecule has 0 aromatic heterocycles. The van der Waals surface area contributed by atoms with E-state index in [1.165, 1.54) is 0 Å². The molecule has 1 aliphatic rings. The minimum atomic E-state index is 0.170. The monoisotopic (exact) mass is 183 g/mol. The molecule has 0 radical (unpaired) electrons. The van der Waals surface area contributed by atoms with Gasteiger partial charge in [0, 0.05) is 13.3 Å². The van der Waals surface area contributed by atoms with Gasteiger partial charge in [0.25, 0.3) is 0 Å². The van der Waals surface area contributed by atoms with E-state index < -0.39 is 0 Å². The number of rotatable bonds is 3. The largest absolute Gasteiger partial charge is 0.478 e. The Hall–Kier alpha value is -0.530. The Morgan fingerprint density at radius 2 is 2.00 bits per heavy atom. The normalized spacial score (nSPS) is 26.5. The van der Waals surface area contributed by atoms with Crippen molar-refractivity contribution in [2.75, 3.05) is 0 Å². The molecule has 0 aromatic carbocycles. The molecule has 0 aliphatic carbocycles. The lowest BCUT2D eigenvalue weighted by Gasteiger charge is -2.36. The zero-order chi connectivity index (χ0) is 9.90. The Morgan fingerprint density at radius 1 is 1.38 bits per heavy atom. The van der Waals surface area contributed by atoms with Crippen molar-refractivity contribution in [3.05, 3.63) is 0 Å². The van der Waals surface area contributed by atoms with Crippen LogP contribution in [0.2, 0.25) is 0 Å². The van der Waals surface area contributed by atoms with Crippen molar-refractivity contribution < 1.29 is 4.74 Å². The van der Waals surface area contributed by atoms with Crippen molar-refractivity contribution in [3.63, 3.8) is 0 Å². The maximum Gasteiger partial charge on any atom is 0.180 e. The number of aliphatic imine (C=N–C) groups is 1. The van der Waals surface area contributed by atoms with Crippen molar-refractivity contribution in [1.82, 2.24) is 0 Å². The first-order valence-corrected chi connectivity index (χ1v) is 5.39. The first-order chi connectivity index (χ1) is 6.15. The van der Waals surface area contributed by atoms with Crippen LogP contribution < -0.4 is 0 Å². The molecule has 2 heteroatoms. The summed E-state index contributed by atoms with van der Waals surface area (Å²) in [6, 6.07) is 0. The predicted octanol–water partition coefficient (Wildman–Crippen LogP) is 3.16. The van der Waals surface area contributed by atoms with Crippen molar-refractivity contribution in [2.24, 2.45) is 4.99 Å². The minimum absolute atomic E-state index is 0.170. The molecule has 13 heavy (non-hydrogen) atoms. The van der Waals surface area contributed by atoms with E-state index in [2.05, 4.69) is 25.8 Å². The van der Waals surface area contributed by atoms with Gasteiger partial charge >= 0.3 is 0 Å². The Balaban J connectivity index is 2.80. The number of ether oxygens (including phenoxy) is 1. The van der Waals surface area contributed by atoms with Crippen LogP contribution >= 0.6 is 0 Å². The molecule has 1 heterocycles. The predicted molar refractivity (Wildman–Crippen MR) is 56.2 cm³/mol. The molecule has 1 aliphatic heterocycles. The van der Waals surface area contributed by atoms with Gasteiger partial charge in [0.2, 0.25) is 0 Å². The molecule has 2 nitrogen and oxygen atoms in total. The van der Waals surface area contributed by atoms with Gasteiger partial charge in [-0.05, 0) is 19.3 Å². The van der Waals surface area contributed by atoms with Crippen molar-refractivity contribution >= 4 is 5.90 Å². The van der Waals surface area contributed by atoms with Gasteiger partial charge in [0.1, 0.15) is 6.10 Å². The minimum Gasteiger partial charge on any atom is -0.478 e. The van der Waals surface area contributed by atoms with Crippen LogP contribution in [-0.2, 0) is 4.74 Å². The van der Waals surface area contributed by atoms with Gasteiger partial charge in [0.05, 0.1) is 5.54 Å². The lowest BCUT2D eigenvalue weighted by Crippen LogP contribution is -2.38. The fourth-order valence-electron chi connectivity index (χ4n) is 2.04. The number of nitrogens with zero attached hydrogens (tertiary/aromatic N) is 1. The first kappa shape index (κ1) is 10.6. The first-order valence-electron chi connectivity index (χ1n) is 5.39. The smallest absolute Gasteiger partial charge is 0.180 e. The second kappa shape index (κ2) is 4.12. The topological polar surface area (TPSA) is 21.6 Å². The van der Waals surface area contributed by atoms with E-state index in [9.17, 15) is 0 Å². The zero-order valence-corrected chi connectivity index (χ0v) is 9.26. The van der Waals surface area contributed by atoms with Crippen LogP contribution in [0.3, 0.4) is 0 Å². The molecule has 0 N–H and O–H groups in total. The summed E-state index contributed by atoms with van der Waals surface area (Å²) in [5.74, 6) is 0.877. The van der Waals surface area contributed by atoms with E-state index >= 15 is 0 Å². The van der Waals surface area contributed by atoms with Crippen LogP contribution in [-0.4, -0.2) is 17.5 Å². The summed E-state index contributed by atoms with van der Waals surface area (Å²) < 4.78 is 5.64. The quantitative estimate of drug-likeness (QED) is 0.658. The van der Waals surface area contributed by atoms with Crippen molar-refractivity contribution in [3.8, 4) is 0 Å². The van der Waals surface area contributed by atoms with Gasteiger partial charge in [-0.3, -0.25) is 0 Å². The summed E-state index contributed by atoms with van der Waals surface area (Å²) in [4.78, 5) is 4.64. The van der Waals surface area contributed by atoms with Gasteiger partial charge in [-0.15, -0.1) is 0 Å². The highest BCUT2D eigenvalue weighted by Crippen LogP contribution is 2.32. The van der Waals surface area contributed by atoms with E-state index in [4.69, 9.17) is 4.74 Å². The lowest BCUT2D eigenvalue weighted by molar-refractivity contribution is 0.108. The SMILES string of the molecule is CCC1CC(CC)(CC)N=C(C)O1.